The van der Waals surface area contributed by atoms with Gasteiger partial charge in [0.05, 0.1) is 4.91 Å². The highest BCUT2D eigenvalue weighted by molar-refractivity contribution is 8.26. The van der Waals surface area contributed by atoms with Crippen LogP contribution in [0.15, 0.2) is 47.6 Å². The summed E-state index contributed by atoms with van der Waals surface area (Å²) in [5.74, 6) is -0.865. The summed E-state index contributed by atoms with van der Waals surface area (Å²) in [6.07, 6.45) is 6.02. The first-order chi connectivity index (χ1) is 14.4. The van der Waals surface area contributed by atoms with Gasteiger partial charge in [-0.15, -0.1) is 0 Å². The van der Waals surface area contributed by atoms with E-state index >= 15 is 0 Å². The number of carbonyl (C=O) groups excluding carboxylic acids is 2. The van der Waals surface area contributed by atoms with Crippen molar-refractivity contribution in [3.8, 4) is 0 Å². The van der Waals surface area contributed by atoms with E-state index in [4.69, 9.17) is 12.2 Å². The number of rotatable bonds is 6. The Kier molecular flexibility index (Phi) is 5.74. The van der Waals surface area contributed by atoms with Gasteiger partial charge in [0.25, 0.3) is 5.91 Å². The fraction of sp³-hybridized carbons (Fsp3) is 0.190. The van der Waals surface area contributed by atoms with Crippen LogP contribution >= 0.6 is 24.0 Å². The van der Waals surface area contributed by atoms with Crippen molar-refractivity contribution in [2.24, 2.45) is 7.05 Å². The van der Waals surface area contributed by atoms with Crippen LogP contribution < -0.4 is 5.32 Å². The average molecular weight is 443 g/mol. The van der Waals surface area contributed by atoms with E-state index in [0.29, 0.717) is 22.2 Å². The fourth-order valence-corrected chi connectivity index (χ4v) is 4.53. The number of hydrogen-bond donors (Lipinski definition) is 2. The zero-order chi connectivity index (χ0) is 21.3. The van der Waals surface area contributed by atoms with Crippen LogP contribution in [0.3, 0.4) is 0 Å². The second-order valence-electron chi connectivity index (χ2n) is 6.92. The van der Waals surface area contributed by atoms with Gasteiger partial charge in [-0.1, -0.05) is 24.0 Å². The standard InChI is InChI=1S/C21H19FN4O2S2/c1-25-8-2-3-15(25)10-18-20(28)26(21(29)30-18)12-19(27)23-7-6-13-11-24-17-5-4-14(22)9-16(13)17/h2-5,8-11,24H,6-7,12H2,1H3,(H,23,27). The highest BCUT2D eigenvalue weighted by Gasteiger charge is 2.33. The van der Waals surface area contributed by atoms with Crippen LogP contribution in [0, 0.1) is 5.82 Å². The van der Waals surface area contributed by atoms with E-state index in [1.807, 2.05) is 36.1 Å². The highest BCUT2D eigenvalue weighted by atomic mass is 32.2. The van der Waals surface area contributed by atoms with Crippen molar-refractivity contribution in [2.75, 3.05) is 13.1 Å². The number of H-pyrrole nitrogens is 1. The minimum atomic E-state index is -0.301. The van der Waals surface area contributed by atoms with Crippen molar-refractivity contribution >= 4 is 57.1 Å². The van der Waals surface area contributed by atoms with Gasteiger partial charge in [-0.05, 0) is 48.4 Å². The molecule has 1 fully saturated rings. The molecule has 0 atom stereocenters. The van der Waals surface area contributed by atoms with Gasteiger partial charge < -0.3 is 14.9 Å². The first-order valence-corrected chi connectivity index (χ1v) is 10.5. The summed E-state index contributed by atoms with van der Waals surface area (Å²) in [4.78, 5) is 29.9. The van der Waals surface area contributed by atoms with Crippen LogP contribution in [0.25, 0.3) is 17.0 Å². The molecular formula is C21H19FN4O2S2. The van der Waals surface area contributed by atoms with E-state index in [1.165, 1.54) is 28.8 Å². The van der Waals surface area contributed by atoms with Crippen molar-refractivity contribution in [2.45, 2.75) is 6.42 Å². The zero-order valence-electron chi connectivity index (χ0n) is 16.1. The molecule has 4 rings (SSSR count). The number of amides is 2. The molecule has 2 amide bonds. The lowest BCUT2D eigenvalue weighted by Gasteiger charge is -2.14. The van der Waals surface area contributed by atoms with Gasteiger partial charge in [0.2, 0.25) is 5.91 Å². The predicted octanol–water partition coefficient (Wildman–Crippen LogP) is 3.21. The number of aryl methyl sites for hydroxylation is 1. The Morgan fingerprint density at radius 2 is 2.20 bits per heavy atom. The number of thiocarbonyl (C=S) groups is 1. The number of benzene rings is 1. The van der Waals surface area contributed by atoms with Crippen LogP contribution in [-0.2, 0) is 23.1 Å². The van der Waals surface area contributed by atoms with Gasteiger partial charge in [0, 0.05) is 42.6 Å². The van der Waals surface area contributed by atoms with E-state index in [1.54, 1.807) is 12.1 Å². The quantitative estimate of drug-likeness (QED) is 0.454. The minimum Gasteiger partial charge on any atom is -0.361 e. The smallest absolute Gasteiger partial charge is 0.266 e. The molecule has 9 heteroatoms. The average Bonchev–Trinajstić information content (AvgIpc) is 3.37. The lowest BCUT2D eigenvalue weighted by atomic mass is 10.1. The van der Waals surface area contributed by atoms with Crippen LogP contribution in [0.5, 0.6) is 0 Å². The van der Waals surface area contributed by atoms with Gasteiger partial charge in [-0.2, -0.15) is 0 Å². The Labute approximate surface area is 182 Å². The predicted molar refractivity (Wildman–Crippen MR) is 120 cm³/mol. The fourth-order valence-electron chi connectivity index (χ4n) is 3.29. The molecule has 0 spiro atoms. The lowest BCUT2D eigenvalue weighted by molar-refractivity contribution is -0.128. The molecule has 1 aromatic carbocycles. The van der Waals surface area contributed by atoms with Gasteiger partial charge in [-0.3, -0.25) is 14.5 Å². The van der Waals surface area contributed by atoms with Crippen LogP contribution in [0.4, 0.5) is 4.39 Å². The topological polar surface area (TPSA) is 70.1 Å². The van der Waals surface area contributed by atoms with Crippen molar-refractivity contribution in [1.82, 2.24) is 19.8 Å². The molecular weight excluding hydrogens is 423 g/mol. The molecule has 3 aromatic rings. The molecule has 1 aliphatic rings. The Bertz CT molecular complexity index is 1180. The van der Waals surface area contributed by atoms with E-state index in [0.717, 1.165) is 22.2 Å². The SMILES string of the molecule is Cn1cccc1C=C1SC(=S)N(CC(=O)NCCc2c[nH]c3ccc(F)cc23)C1=O. The number of halogens is 1. The Morgan fingerprint density at radius 1 is 1.37 bits per heavy atom. The monoisotopic (exact) mass is 442 g/mol. The van der Waals surface area contributed by atoms with Crippen molar-refractivity contribution in [3.05, 3.63) is 64.7 Å². The molecule has 2 aromatic heterocycles. The molecule has 6 nitrogen and oxygen atoms in total. The van der Waals surface area contributed by atoms with E-state index in [9.17, 15) is 14.0 Å². The summed E-state index contributed by atoms with van der Waals surface area (Å²) >= 11 is 6.48. The summed E-state index contributed by atoms with van der Waals surface area (Å²) < 4.78 is 15.7. The number of nitrogens with one attached hydrogen (secondary N) is 2. The maximum absolute atomic E-state index is 13.5. The van der Waals surface area contributed by atoms with Crippen LogP contribution in [-0.4, -0.2) is 43.7 Å². The highest BCUT2D eigenvalue weighted by Crippen LogP contribution is 2.32. The van der Waals surface area contributed by atoms with Crippen molar-refractivity contribution < 1.29 is 14.0 Å². The van der Waals surface area contributed by atoms with Crippen molar-refractivity contribution in [1.29, 1.82) is 0 Å². The second-order valence-corrected chi connectivity index (χ2v) is 8.59. The van der Waals surface area contributed by atoms with E-state index in [2.05, 4.69) is 10.3 Å². The van der Waals surface area contributed by atoms with E-state index in [-0.39, 0.29) is 24.2 Å². The van der Waals surface area contributed by atoms with Gasteiger partial charge in [-0.25, -0.2) is 4.39 Å². The summed E-state index contributed by atoms with van der Waals surface area (Å²) in [6.45, 7) is 0.244. The molecule has 154 valence electrons. The molecule has 1 saturated heterocycles. The summed E-state index contributed by atoms with van der Waals surface area (Å²) in [5, 5.41) is 3.60. The number of carbonyl (C=O) groups is 2. The molecule has 0 unspecified atom stereocenters. The molecule has 0 bridgehead atoms. The number of hydrogen-bond acceptors (Lipinski definition) is 4. The Hall–Kier alpha value is -2.91. The second kappa shape index (κ2) is 8.45. The number of thioether (sulfide) groups is 1. The van der Waals surface area contributed by atoms with E-state index < -0.39 is 0 Å². The normalized spacial score (nSPS) is 15.5. The number of aromatic nitrogens is 2. The number of fused-ring (bicyclic) bond motifs is 1. The van der Waals surface area contributed by atoms with Gasteiger partial charge in [0.15, 0.2) is 0 Å². The first kappa shape index (κ1) is 20.4. The molecule has 3 heterocycles. The molecule has 30 heavy (non-hydrogen) atoms. The number of nitrogens with zero attached hydrogens (tertiary/aromatic N) is 2. The van der Waals surface area contributed by atoms with Gasteiger partial charge in [0.1, 0.15) is 16.7 Å². The Balaban J connectivity index is 1.34. The summed E-state index contributed by atoms with van der Waals surface area (Å²) in [7, 11) is 1.89. The van der Waals surface area contributed by atoms with Crippen LogP contribution in [0.1, 0.15) is 11.3 Å². The van der Waals surface area contributed by atoms with Crippen LogP contribution in [0.2, 0.25) is 0 Å². The molecule has 0 saturated carbocycles. The Morgan fingerprint density at radius 3 is 2.97 bits per heavy atom. The molecule has 0 radical (unpaired) electrons. The van der Waals surface area contributed by atoms with Crippen molar-refractivity contribution in [3.63, 3.8) is 0 Å². The molecule has 2 N–H and O–H groups in total. The summed E-state index contributed by atoms with van der Waals surface area (Å²) in [6, 6.07) is 8.35. The maximum atomic E-state index is 13.5. The first-order valence-electron chi connectivity index (χ1n) is 9.31. The zero-order valence-corrected chi connectivity index (χ0v) is 17.8. The molecule has 0 aliphatic carbocycles. The number of aromatic amines is 1. The third-order valence-corrected chi connectivity index (χ3v) is 6.26. The third kappa shape index (κ3) is 4.17. The minimum absolute atomic E-state index is 0.127. The largest absolute Gasteiger partial charge is 0.361 e. The summed E-state index contributed by atoms with van der Waals surface area (Å²) in [5.41, 5.74) is 2.65. The molecule has 1 aliphatic heterocycles. The lowest BCUT2D eigenvalue weighted by Crippen LogP contribution is -2.40. The maximum Gasteiger partial charge on any atom is 0.266 e. The van der Waals surface area contributed by atoms with Gasteiger partial charge >= 0.3 is 0 Å². The third-order valence-electron chi connectivity index (χ3n) is 4.88.